The third kappa shape index (κ3) is 3.76. The number of nitrogens with one attached hydrogen (secondary N) is 1. The number of carbonyl (C=O) groups excluding carboxylic acids is 1. The summed E-state index contributed by atoms with van der Waals surface area (Å²) in [6.07, 6.45) is 5.00. The molecule has 0 unspecified atom stereocenters. The van der Waals surface area contributed by atoms with Crippen LogP contribution in [0.5, 0.6) is 0 Å². The van der Waals surface area contributed by atoms with Crippen LogP contribution in [0, 0.1) is 12.8 Å². The molecular formula is C20H26N4O. The Morgan fingerprint density at radius 1 is 1.24 bits per heavy atom. The van der Waals surface area contributed by atoms with Crippen molar-refractivity contribution in [1.82, 2.24) is 20.0 Å². The highest BCUT2D eigenvalue weighted by Gasteiger charge is 2.31. The molecule has 1 aliphatic carbocycles. The van der Waals surface area contributed by atoms with Crippen molar-refractivity contribution in [2.24, 2.45) is 5.92 Å². The number of rotatable bonds is 5. The van der Waals surface area contributed by atoms with Gasteiger partial charge in [-0.15, -0.1) is 0 Å². The smallest absolute Gasteiger partial charge is 0.223 e. The minimum Gasteiger partial charge on any atom is -0.354 e. The normalized spacial score (nSPS) is 20.8. The van der Waals surface area contributed by atoms with Gasteiger partial charge in [-0.2, -0.15) is 5.10 Å². The highest BCUT2D eigenvalue weighted by atomic mass is 16.2. The second kappa shape index (κ2) is 7.00. The van der Waals surface area contributed by atoms with E-state index in [0.717, 1.165) is 45.4 Å². The molecular weight excluding hydrogens is 312 g/mol. The Morgan fingerprint density at radius 2 is 2.08 bits per heavy atom. The molecule has 0 radical (unpaired) electrons. The van der Waals surface area contributed by atoms with Gasteiger partial charge in [0.15, 0.2) is 0 Å². The van der Waals surface area contributed by atoms with Crippen LogP contribution in [0.2, 0.25) is 0 Å². The van der Waals surface area contributed by atoms with Crippen molar-refractivity contribution < 1.29 is 4.79 Å². The van der Waals surface area contributed by atoms with E-state index in [2.05, 4.69) is 57.3 Å². The van der Waals surface area contributed by atoms with Crippen LogP contribution >= 0.6 is 0 Å². The fraction of sp³-hybridized carbons (Fsp3) is 0.500. The lowest BCUT2D eigenvalue weighted by Gasteiger charge is -2.30. The monoisotopic (exact) mass is 338 g/mol. The van der Waals surface area contributed by atoms with Crippen LogP contribution in [0.25, 0.3) is 0 Å². The second-order valence-electron chi connectivity index (χ2n) is 7.34. The van der Waals surface area contributed by atoms with E-state index >= 15 is 0 Å². The molecule has 132 valence electrons. The summed E-state index contributed by atoms with van der Waals surface area (Å²) < 4.78 is 2.10. The summed E-state index contributed by atoms with van der Waals surface area (Å²) in [5.74, 6) is 0.504. The zero-order valence-electron chi connectivity index (χ0n) is 14.8. The first-order chi connectivity index (χ1) is 12.2. The van der Waals surface area contributed by atoms with Crippen LogP contribution in [0.1, 0.15) is 36.1 Å². The van der Waals surface area contributed by atoms with Gasteiger partial charge in [0.2, 0.25) is 5.91 Å². The van der Waals surface area contributed by atoms with Crippen LogP contribution < -0.4 is 5.32 Å². The number of hydrogen-bond acceptors (Lipinski definition) is 3. The largest absolute Gasteiger partial charge is 0.354 e. The van der Waals surface area contributed by atoms with Gasteiger partial charge >= 0.3 is 0 Å². The van der Waals surface area contributed by atoms with E-state index in [-0.39, 0.29) is 11.8 Å². The maximum absolute atomic E-state index is 12.1. The van der Waals surface area contributed by atoms with Gasteiger partial charge in [-0.3, -0.25) is 14.4 Å². The molecule has 1 atom stereocenters. The van der Waals surface area contributed by atoms with E-state index in [1.165, 1.54) is 16.8 Å². The molecule has 4 rings (SSSR count). The molecule has 2 aromatic rings. The summed E-state index contributed by atoms with van der Waals surface area (Å²) in [7, 11) is 0. The quantitative estimate of drug-likeness (QED) is 0.911. The summed E-state index contributed by atoms with van der Waals surface area (Å²) in [5, 5.41) is 7.63. The average molecular weight is 338 g/mol. The third-order valence-electron chi connectivity index (χ3n) is 5.45. The standard InChI is InChI=1S/C20H26N4O/c1-15-4-2-3-5-17(15)13-23-14-19-8-10-22-24(19)11-9-18(23)12-21-20(25)16-6-7-16/h2-5,8,10,16,18H,6-7,9,11-14H2,1H3,(H,21,25)/t18-/m0/s1. The molecule has 25 heavy (non-hydrogen) atoms. The highest BCUT2D eigenvalue weighted by molar-refractivity contribution is 5.80. The zero-order valence-corrected chi connectivity index (χ0v) is 14.8. The Morgan fingerprint density at radius 3 is 2.88 bits per heavy atom. The fourth-order valence-corrected chi connectivity index (χ4v) is 3.62. The Bertz CT molecular complexity index is 750. The number of aromatic nitrogens is 2. The second-order valence-corrected chi connectivity index (χ2v) is 7.34. The lowest BCUT2D eigenvalue weighted by Crippen LogP contribution is -2.43. The summed E-state index contributed by atoms with van der Waals surface area (Å²) in [5.41, 5.74) is 3.93. The van der Waals surface area contributed by atoms with E-state index in [9.17, 15) is 4.79 Å². The van der Waals surface area contributed by atoms with Crippen LogP contribution in [0.4, 0.5) is 0 Å². The first-order valence-electron chi connectivity index (χ1n) is 9.27. The Hall–Kier alpha value is -2.14. The van der Waals surface area contributed by atoms with Crippen molar-refractivity contribution in [3.8, 4) is 0 Å². The summed E-state index contributed by atoms with van der Waals surface area (Å²) >= 11 is 0. The molecule has 1 aromatic heterocycles. The topological polar surface area (TPSA) is 50.2 Å². The van der Waals surface area contributed by atoms with Crippen molar-refractivity contribution in [1.29, 1.82) is 0 Å². The van der Waals surface area contributed by atoms with Crippen molar-refractivity contribution in [2.45, 2.75) is 51.9 Å². The van der Waals surface area contributed by atoms with Crippen LogP contribution in [-0.4, -0.2) is 33.2 Å². The number of fused-ring (bicyclic) bond motifs is 1. The first kappa shape index (κ1) is 16.3. The van der Waals surface area contributed by atoms with E-state index in [1.54, 1.807) is 0 Å². The van der Waals surface area contributed by atoms with Crippen molar-refractivity contribution in [2.75, 3.05) is 6.54 Å². The summed E-state index contributed by atoms with van der Waals surface area (Å²) in [6, 6.07) is 11.0. The molecule has 1 aliphatic heterocycles. The van der Waals surface area contributed by atoms with Gasteiger partial charge in [-0.05, 0) is 43.4 Å². The van der Waals surface area contributed by atoms with Crippen molar-refractivity contribution in [3.05, 3.63) is 53.3 Å². The lowest BCUT2D eigenvalue weighted by molar-refractivity contribution is -0.122. The molecule has 1 aromatic carbocycles. The zero-order chi connectivity index (χ0) is 17.2. The molecule has 1 fully saturated rings. The van der Waals surface area contributed by atoms with Gasteiger partial charge in [0, 0.05) is 44.3 Å². The first-order valence-corrected chi connectivity index (χ1v) is 9.27. The van der Waals surface area contributed by atoms with Crippen LogP contribution in [0.15, 0.2) is 36.5 Å². The molecule has 2 heterocycles. The Kier molecular flexibility index (Phi) is 4.57. The summed E-state index contributed by atoms with van der Waals surface area (Å²) in [4.78, 5) is 14.6. The Balaban J connectivity index is 1.50. The number of carbonyl (C=O) groups is 1. The number of nitrogens with zero attached hydrogens (tertiary/aromatic N) is 3. The molecule has 5 heteroatoms. The number of aryl methyl sites for hydroxylation is 2. The molecule has 1 saturated carbocycles. The molecule has 0 saturated heterocycles. The predicted molar refractivity (Wildman–Crippen MR) is 96.8 cm³/mol. The Labute approximate surface area is 149 Å². The van der Waals surface area contributed by atoms with E-state index < -0.39 is 0 Å². The third-order valence-corrected chi connectivity index (χ3v) is 5.45. The van der Waals surface area contributed by atoms with E-state index in [0.29, 0.717) is 6.04 Å². The molecule has 0 bridgehead atoms. The SMILES string of the molecule is Cc1ccccc1CN1Cc2ccnn2CC[C@H]1CNC(=O)C1CC1. The van der Waals surface area contributed by atoms with Gasteiger partial charge in [0.05, 0.1) is 5.69 Å². The molecule has 0 spiro atoms. The van der Waals surface area contributed by atoms with Gasteiger partial charge in [-0.25, -0.2) is 0 Å². The predicted octanol–water partition coefficient (Wildman–Crippen LogP) is 2.49. The van der Waals surface area contributed by atoms with Crippen LogP contribution in [0.3, 0.4) is 0 Å². The number of hydrogen-bond donors (Lipinski definition) is 1. The van der Waals surface area contributed by atoms with Crippen molar-refractivity contribution in [3.63, 3.8) is 0 Å². The molecule has 2 aliphatic rings. The van der Waals surface area contributed by atoms with E-state index in [1.807, 2.05) is 6.20 Å². The van der Waals surface area contributed by atoms with Crippen LogP contribution in [-0.2, 0) is 24.4 Å². The lowest BCUT2D eigenvalue weighted by atomic mass is 10.1. The molecule has 1 N–H and O–H groups in total. The van der Waals surface area contributed by atoms with Gasteiger partial charge in [0.25, 0.3) is 0 Å². The number of benzene rings is 1. The minimum atomic E-state index is 0.234. The van der Waals surface area contributed by atoms with Gasteiger partial charge in [-0.1, -0.05) is 24.3 Å². The summed E-state index contributed by atoms with van der Waals surface area (Å²) in [6.45, 7) is 5.59. The minimum absolute atomic E-state index is 0.234. The van der Waals surface area contributed by atoms with Gasteiger partial charge in [0.1, 0.15) is 0 Å². The fourth-order valence-electron chi connectivity index (χ4n) is 3.62. The molecule has 1 amide bonds. The highest BCUT2D eigenvalue weighted by Crippen LogP contribution is 2.29. The molecule has 5 nitrogen and oxygen atoms in total. The van der Waals surface area contributed by atoms with Crippen molar-refractivity contribution >= 4 is 5.91 Å². The van der Waals surface area contributed by atoms with Gasteiger partial charge < -0.3 is 5.32 Å². The van der Waals surface area contributed by atoms with E-state index in [4.69, 9.17) is 0 Å². The maximum Gasteiger partial charge on any atom is 0.223 e. The number of amides is 1. The average Bonchev–Trinajstić information content (AvgIpc) is 3.39. The maximum atomic E-state index is 12.1.